The molecule has 1 aromatic rings. The molecule has 3 N–H and O–H groups in total. The fourth-order valence-electron chi connectivity index (χ4n) is 1.25. The van der Waals surface area contributed by atoms with Gasteiger partial charge in [-0.3, -0.25) is 4.98 Å². The van der Waals surface area contributed by atoms with Gasteiger partial charge in [-0.1, -0.05) is 5.16 Å². The van der Waals surface area contributed by atoms with Gasteiger partial charge in [0.25, 0.3) is 0 Å². The van der Waals surface area contributed by atoms with Crippen molar-refractivity contribution in [2.45, 2.75) is 25.9 Å². The number of pyridine rings is 1. The number of hydrogen-bond acceptors (Lipinski definition) is 4. The van der Waals surface area contributed by atoms with E-state index in [0.29, 0.717) is 6.61 Å². The van der Waals surface area contributed by atoms with Gasteiger partial charge in [-0.2, -0.15) is 0 Å². The van der Waals surface area contributed by atoms with Crippen molar-refractivity contribution in [3.63, 3.8) is 0 Å². The zero-order valence-corrected chi connectivity index (χ0v) is 9.34. The van der Waals surface area contributed by atoms with Gasteiger partial charge in [0, 0.05) is 19.0 Å². The highest BCUT2D eigenvalue weighted by atomic mass is 16.5. The molecule has 5 nitrogen and oxygen atoms in total. The van der Waals surface area contributed by atoms with E-state index in [1.807, 2.05) is 12.1 Å². The maximum absolute atomic E-state index is 8.42. The number of aryl methyl sites for hydroxylation is 1. The lowest BCUT2D eigenvalue weighted by molar-refractivity contribution is 0.104. The van der Waals surface area contributed by atoms with Crippen LogP contribution < -0.4 is 5.73 Å². The summed E-state index contributed by atoms with van der Waals surface area (Å²) in [5.74, 6) is 0.101. The Labute approximate surface area is 94.9 Å². The first-order valence-electron chi connectivity index (χ1n) is 5.22. The smallest absolute Gasteiger partial charge is 0.168 e. The number of nitrogens with zero attached hydrogens (tertiary/aromatic N) is 2. The van der Waals surface area contributed by atoms with Gasteiger partial charge >= 0.3 is 0 Å². The third kappa shape index (κ3) is 4.27. The molecule has 0 fully saturated rings. The molecule has 1 rings (SSSR count). The van der Waals surface area contributed by atoms with E-state index in [0.717, 1.165) is 12.8 Å². The van der Waals surface area contributed by atoms with E-state index in [1.54, 1.807) is 19.3 Å². The Bertz CT molecular complexity index is 327. The van der Waals surface area contributed by atoms with Gasteiger partial charge in [-0.15, -0.1) is 0 Å². The maximum Gasteiger partial charge on any atom is 0.168 e. The van der Waals surface area contributed by atoms with Crippen LogP contribution in [0.2, 0.25) is 0 Å². The lowest BCUT2D eigenvalue weighted by atomic mass is 10.1. The topological polar surface area (TPSA) is 80.7 Å². The highest BCUT2D eigenvalue weighted by Crippen LogP contribution is 2.02. The van der Waals surface area contributed by atoms with E-state index in [-0.39, 0.29) is 11.9 Å². The first kappa shape index (κ1) is 12.4. The average Bonchev–Trinajstić information content (AvgIpc) is 2.34. The monoisotopic (exact) mass is 223 g/mol. The Morgan fingerprint density at radius 1 is 1.56 bits per heavy atom. The van der Waals surface area contributed by atoms with E-state index < -0.39 is 0 Å². The van der Waals surface area contributed by atoms with Crippen molar-refractivity contribution in [1.82, 2.24) is 4.98 Å². The summed E-state index contributed by atoms with van der Waals surface area (Å²) in [6.45, 7) is 2.33. The second kappa shape index (κ2) is 6.79. The summed E-state index contributed by atoms with van der Waals surface area (Å²) < 4.78 is 5.38. The van der Waals surface area contributed by atoms with E-state index in [9.17, 15) is 0 Å². The van der Waals surface area contributed by atoms with E-state index in [4.69, 9.17) is 15.7 Å². The Kier molecular flexibility index (Phi) is 5.28. The van der Waals surface area contributed by atoms with Crippen LogP contribution in [0.3, 0.4) is 0 Å². The van der Waals surface area contributed by atoms with Crippen molar-refractivity contribution in [3.05, 3.63) is 30.1 Å². The molecule has 16 heavy (non-hydrogen) atoms. The zero-order chi connectivity index (χ0) is 11.8. The molecular weight excluding hydrogens is 206 g/mol. The minimum Gasteiger partial charge on any atom is -0.409 e. The van der Waals surface area contributed by atoms with Crippen molar-refractivity contribution in [2.75, 3.05) is 6.61 Å². The predicted octanol–water partition coefficient (Wildman–Crippen LogP) is 1.17. The highest BCUT2D eigenvalue weighted by molar-refractivity contribution is 5.83. The molecular formula is C11H17N3O2. The summed E-state index contributed by atoms with van der Waals surface area (Å²) in [7, 11) is 0. The van der Waals surface area contributed by atoms with Gasteiger partial charge < -0.3 is 15.7 Å². The van der Waals surface area contributed by atoms with Crippen LogP contribution in [0, 0.1) is 0 Å². The third-order valence-corrected chi connectivity index (χ3v) is 2.26. The molecule has 1 atom stereocenters. The summed E-state index contributed by atoms with van der Waals surface area (Å²) in [6.07, 6.45) is 5.03. The zero-order valence-electron chi connectivity index (χ0n) is 9.34. The molecule has 88 valence electrons. The number of hydrogen-bond donors (Lipinski definition) is 2. The molecule has 0 amide bonds. The van der Waals surface area contributed by atoms with Crippen molar-refractivity contribution in [3.8, 4) is 0 Å². The molecule has 0 spiro atoms. The Morgan fingerprint density at radius 3 is 2.88 bits per heavy atom. The first-order chi connectivity index (χ1) is 7.74. The van der Waals surface area contributed by atoms with Crippen LogP contribution in [0.25, 0.3) is 0 Å². The fourth-order valence-corrected chi connectivity index (χ4v) is 1.25. The van der Waals surface area contributed by atoms with Gasteiger partial charge in [0.1, 0.15) is 6.10 Å². The van der Waals surface area contributed by atoms with Crippen LogP contribution in [-0.2, 0) is 11.2 Å². The predicted molar refractivity (Wildman–Crippen MR) is 61.4 cm³/mol. The summed E-state index contributed by atoms with van der Waals surface area (Å²) in [4.78, 5) is 3.94. The Hall–Kier alpha value is -1.62. The molecule has 0 saturated heterocycles. The molecule has 0 aliphatic rings. The van der Waals surface area contributed by atoms with Gasteiger partial charge in [0.2, 0.25) is 0 Å². The third-order valence-electron chi connectivity index (χ3n) is 2.26. The molecule has 0 aromatic carbocycles. The van der Waals surface area contributed by atoms with Crippen LogP contribution in [-0.4, -0.2) is 28.7 Å². The van der Waals surface area contributed by atoms with Crippen LogP contribution in [0.1, 0.15) is 18.9 Å². The molecule has 0 aliphatic heterocycles. The van der Waals surface area contributed by atoms with Crippen LogP contribution in [0.4, 0.5) is 0 Å². The quantitative estimate of drug-likeness (QED) is 0.249. The van der Waals surface area contributed by atoms with Gasteiger partial charge in [-0.05, 0) is 37.5 Å². The van der Waals surface area contributed by atoms with Crippen LogP contribution >= 0.6 is 0 Å². The SMILES string of the molecule is CC(OCCCc1ccncc1)C(N)=NO. The first-order valence-corrected chi connectivity index (χ1v) is 5.22. The highest BCUT2D eigenvalue weighted by Gasteiger charge is 2.06. The largest absolute Gasteiger partial charge is 0.409 e. The Balaban J connectivity index is 2.17. The average molecular weight is 223 g/mol. The van der Waals surface area contributed by atoms with Crippen molar-refractivity contribution in [2.24, 2.45) is 10.9 Å². The van der Waals surface area contributed by atoms with Crippen LogP contribution in [0.15, 0.2) is 29.7 Å². The summed E-state index contributed by atoms with van der Waals surface area (Å²) in [5, 5.41) is 11.3. The standard InChI is InChI=1S/C11H17N3O2/c1-9(11(12)14-15)16-8-2-3-10-4-6-13-7-5-10/h4-7,9,15H,2-3,8H2,1H3,(H2,12,14). The van der Waals surface area contributed by atoms with Gasteiger partial charge in [-0.25, -0.2) is 0 Å². The molecule has 0 bridgehead atoms. The second-order valence-electron chi connectivity index (χ2n) is 3.50. The lowest BCUT2D eigenvalue weighted by Gasteiger charge is -2.10. The summed E-state index contributed by atoms with van der Waals surface area (Å²) >= 11 is 0. The number of nitrogens with two attached hydrogens (primary N) is 1. The van der Waals surface area contributed by atoms with Crippen molar-refractivity contribution >= 4 is 5.84 Å². The normalized spacial score (nSPS) is 13.7. The molecule has 0 aliphatic carbocycles. The summed E-state index contributed by atoms with van der Waals surface area (Å²) in [6, 6.07) is 3.96. The molecule has 1 aromatic heterocycles. The fraction of sp³-hybridized carbons (Fsp3) is 0.455. The van der Waals surface area contributed by atoms with Crippen molar-refractivity contribution in [1.29, 1.82) is 0 Å². The Morgan fingerprint density at radius 2 is 2.25 bits per heavy atom. The number of amidine groups is 1. The minimum atomic E-state index is -0.345. The number of rotatable bonds is 6. The lowest BCUT2D eigenvalue weighted by Crippen LogP contribution is -2.29. The summed E-state index contributed by atoms with van der Waals surface area (Å²) in [5.41, 5.74) is 6.61. The molecule has 0 saturated carbocycles. The van der Waals surface area contributed by atoms with E-state index >= 15 is 0 Å². The van der Waals surface area contributed by atoms with Gasteiger partial charge in [0.15, 0.2) is 5.84 Å². The molecule has 5 heteroatoms. The molecule has 1 unspecified atom stereocenters. The van der Waals surface area contributed by atoms with Crippen LogP contribution in [0.5, 0.6) is 0 Å². The van der Waals surface area contributed by atoms with E-state index in [2.05, 4.69) is 10.1 Å². The van der Waals surface area contributed by atoms with Crippen molar-refractivity contribution < 1.29 is 9.94 Å². The minimum absolute atomic E-state index is 0.101. The number of ether oxygens (including phenoxy) is 1. The molecule has 0 radical (unpaired) electrons. The number of oxime groups is 1. The second-order valence-corrected chi connectivity index (χ2v) is 3.50. The maximum atomic E-state index is 8.42. The van der Waals surface area contributed by atoms with Gasteiger partial charge in [0.05, 0.1) is 0 Å². The van der Waals surface area contributed by atoms with E-state index in [1.165, 1.54) is 5.56 Å². The molecule has 1 heterocycles. The number of aromatic nitrogens is 1.